The van der Waals surface area contributed by atoms with Crippen molar-refractivity contribution in [3.63, 3.8) is 0 Å². The number of halogens is 5. The standard InChI is InChI=1S/C19H22ClF4N3O/c1-25-10-15-9-17(28-11-13-8-14(20)4-5-16(13)21)27(26-15)12-18(19(22,23)24)6-2-3-7-18/h4-5,8-9,25H,2-3,6-7,10-12H2,1H3. The van der Waals surface area contributed by atoms with Crippen LogP contribution < -0.4 is 10.1 Å². The first kappa shape index (κ1) is 20.9. The fraction of sp³-hybridized carbons (Fsp3) is 0.526. The van der Waals surface area contributed by atoms with Gasteiger partial charge in [-0.3, -0.25) is 0 Å². The third-order valence-electron chi connectivity index (χ3n) is 5.15. The summed E-state index contributed by atoms with van der Waals surface area (Å²) in [6.45, 7) is -0.0857. The predicted molar refractivity (Wildman–Crippen MR) is 97.7 cm³/mol. The zero-order valence-electron chi connectivity index (χ0n) is 15.5. The molecule has 4 nitrogen and oxygen atoms in total. The normalized spacial score (nSPS) is 16.5. The van der Waals surface area contributed by atoms with Crippen molar-refractivity contribution in [2.45, 2.75) is 51.6 Å². The van der Waals surface area contributed by atoms with Gasteiger partial charge in [0.1, 0.15) is 12.4 Å². The second-order valence-electron chi connectivity index (χ2n) is 7.17. The molecule has 1 aromatic carbocycles. The number of ether oxygens (including phenoxy) is 1. The number of nitrogens with zero attached hydrogens (tertiary/aromatic N) is 2. The summed E-state index contributed by atoms with van der Waals surface area (Å²) in [6, 6.07) is 5.66. The van der Waals surface area contributed by atoms with Crippen LogP contribution in [0.4, 0.5) is 17.6 Å². The van der Waals surface area contributed by atoms with Crippen molar-refractivity contribution in [1.29, 1.82) is 0 Å². The lowest BCUT2D eigenvalue weighted by atomic mass is 9.85. The van der Waals surface area contributed by atoms with Gasteiger partial charge < -0.3 is 10.1 Å². The van der Waals surface area contributed by atoms with E-state index in [1.807, 2.05) is 0 Å². The van der Waals surface area contributed by atoms with Gasteiger partial charge in [-0.15, -0.1) is 0 Å². The average molecular weight is 420 g/mol. The van der Waals surface area contributed by atoms with Crippen LogP contribution in [0.2, 0.25) is 5.02 Å². The molecule has 1 N–H and O–H groups in total. The van der Waals surface area contributed by atoms with Crippen LogP contribution in [-0.4, -0.2) is 23.0 Å². The molecule has 0 atom stereocenters. The highest BCUT2D eigenvalue weighted by atomic mass is 35.5. The number of hydrogen-bond acceptors (Lipinski definition) is 3. The Morgan fingerprint density at radius 2 is 1.96 bits per heavy atom. The highest BCUT2D eigenvalue weighted by molar-refractivity contribution is 6.30. The van der Waals surface area contributed by atoms with Gasteiger partial charge in [-0.2, -0.15) is 18.3 Å². The lowest BCUT2D eigenvalue weighted by molar-refractivity contribution is -0.228. The van der Waals surface area contributed by atoms with Gasteiger partial charge in [0.25, 0.3) is 0 Å². The molecule has 154 valence electrons. The summed E-state index contributed by atoms with van der Waals surface area (Å²) in [7, 11) is 1.72. The number of rotatable bonds is 7. The molecule has 1 aliphatic carbocycles. The van der Waals surface area contributed by atoms with Crippen LogP contribution in [0.15, 0.2) is 24.3 Å². The number of hydrogen-bond donors (Lipinski definition) is 1. The zero-order valence-corrected chi connectivity index (χ0v) is 16.2. The van der Waals surface area contributed by atoms with Crippen molar-refractivity contribution in [3.8, 4) is 5.88 Å². The van der Waals surface area contributed by atoms with E-state index >= 15 is 0 Å². The van der Waals surface area contributed by atoms with Crippen molar-refractivity contribution in [1.82, 2.24) is 15.1 Å². The number of nitrogens with one attached hydrogen (secondary N) is 1. The minimum absolute atomic E-state index is 0.0695. The molecular formula is C19H22ClF4N3O. The predicted octanol–water partition coefficient (Wildman–Crippen LogP) is 5.10. The fourth-order valence-electron chi connectivity index (χ4n) is 3.62. The molecule has 2 aromatic rings. The fourth-order valence-corrected chi connectivity index (χ4v) is 3.82. The Hall–Kier alpha value is -1.80. The first-order valence-corrected chi connectivity index (χ1v) is 9.47. The van der Waals surface area contributed by atoms with E-state index in [0.29, 0.717) is 30.1 Å². The van der Waals surface area contributed by atoms with Gasteiger partial charge in [-0.1, -0.05) is 24.4 Å². The van der Waals surface area contributed by atoms with Crippen LogP contribution in [0.5, 0.6) is 5.88 Å². The van der Waals surface area contributed by atoms with Crippen LogP contribution in [0, 0.1) is 11.2 Å². The summed E-state index contributed by atoms with van der Waals surface area (Å²) >= 11 is 5.88. The van der Waals surface area contributed by atoms with Crippen molar-refractivity contribution in [2.24, 2.45) is 5.41 Å². The Morgan fingerprint density at radius 3 is 2.61 bits per heavy atom. The molecule has 0 radical (unpaired) electrons. The Kier molecular flexibility index (Phi) is 6.19. The molecule has 3 rings (SSSR count). The van der Waals surface area contributed by atoms with Crippen LogP contribution in [-0.2, 0) is 19.7 Å². The maximum absolute atomic E-state index is 13.9. The summed E-state index contributed by atoms with van der Waals surface area (Å²) in [5.41, 5.74) is -1.03. The molecule has 0 unspecified atom stereocenters. The molecule has 0 bridgehead atoms. The SMILES string of the molecule is CNCc1cc(OCc2cc(Cl)ccc2F)n(CC2(C(F)(F)F)CCCC2)n1. The lowest BCUT2D eigenvalue weighted by Gasteiger charge is -2.31. The summed E-state index contributed by atoms with van der Waals surface area (Å²) in [4.78, 5) is 0. The van der Waals surface area contributed by atoms with E-state index in [4.69, 9.17) is 16.3 Å². The van der Waals surface area contributed by atoms with Crippen LogP contribution >= 0.6 is 11.6 Å². The molecule has 28 heavy (non-hydrogen) atoms. The third kappa shape index (κ3) is 4.43. The monoisotopic (exact) mass is 419 g/mol. The maximum atomic E-state index is 13.9. The van der Waals surface area contributed by atoms with Crippen LogP contribution in [0.1, 0.15) is 36.9 Å². The molecule has 0 amide bonds. The minimum Gasteiger partial charge on any atom is -0.473 e. The van der Waals surface area contributed by atoms with E-state index in [1.54, 1.807) is 13.1 Å². The van der Waals surface area contributed by atoms with Gasteiger partial charge in [0, 0.05) is 23.2 Å². The van der Waals surface area contributed by atoms with Crippen molar-refractivity contribution >= 4 is 11.6 Å². The smallest absolute Gasteiger partial charge is 0.396 e. The third-order valence-corrected chi connectivity index (χ3v) is 5.38. The van der Waals surface area contributed by atoms with Gasteiger partial charge in [0.2, 0.25) is 5.88 Å². The minimum atomic E-state index is -4.32. The summed E-state index contributed by atoms with van der Waals surface area (Å²) < 4.78 is 62.2. The van der Waals surface area contributed by atoms with Gasteiger partial charge in [0.05, 0.1) is 17.7 Å². The van der Waals surface area contributed by atoms with Crippen molar-refractivity contribution < 1.29 is 22.3 Å². The molecule has 1 aliphatic rings. The highest BCUT2D eigenvalue weighted by Crippen LogP contribution is 2.51. The molecule has 0 saturated heterocycles. The quantitative estimate of drug-likeness (QED) is 0.635. The van der Waals surface area contributed by atoms with Crippen LogP contribution in [0.3, 0.4) is 0 Å². The van der Waals surface area contributed by atoms with E-state index in [-0.39, 0.29) is 37.4 Å². The molecule has 1 saturated carbocycles. The molecule has 0 aliphatic heterocycles. The Morgan fingerprint density at radius 1 is 1.25 bits per heavy atom. The van der Waals surface area contributed by atoms with Crippen LogP contribution in [0.25, 0.3) is 0 Å². The summed E-state index contributed by atoms with van der Waals surface area (Å²) in [5, 5.41) is 7.55. The van der Waals surface area contributed by atoms with Gasteiger partial charge >= 0.3 is 6.18 Å². The summed E-state index contributed by atoms with van der Waals surface area (Å²) in [5.74, 6) is -0.311. The van der Waals surface area contributed by atoms with Gasteiger partial charge in [-0.05, 0) is 38.1 Å². The first-order valence-electron chi connectivity index (χ1n) is 9.09. The van der Waals surface area contributed by atoms with E-state index in [0.717, 1.165) is 0 Å². The molecule has 1 fully saturated rings. The largest absolute Gasteiger partial charge is 0.473 e. The Bertz CT molecular complexity index is 816. The van der Waals surface area contributed by atoms with Crippen molar-refractivity contribution in [2.75, 3.05) is 7.05 Å². The van der Waals surface area contributed by atoms with E-state index in [9.17, 15) is 17.6 Å². The second-order valence-corrected chi connectivity index (χ2v) is 7.61. The number of benzene rings is 1. The second kappa shape index (κ2) is 8.29. The molecule has 1 heterocycles. The molecular weight excluding hydrogens is 398 g/mol. The van der Waals surface area contributed by atoms with Gasteiger partial charge in [0.15, 0.2) is 0 Å². The average Bonchev–Trinajstić information content (AvgIpc) is 3.24. The molecule has 1 aromatic heterocycles. The topological polar surface area (TPSA) is 39.1 Å². The maximum Gasteiger partial charge on any atom is 0.396 e. The highest BCUT2D eigenvalue weighted by Gasteiger charge is 2.56. The lowest BCUT2D eigenvalue weighted by Crippen LogP contribution is -2.39. The molecule has 0 spiro atoms. The number of aromatic nitrogens is 2. The number of alkyl halides is 3. The van der Waals surface area contributed by atoms with E-state index < -0.39 is 17.4 Å². The van der Waals surface area contributed by atoms with Gasteiger partial charge in [-0.25, -0.2) is 9.07 Å². The molecule has 9 heteroatoms. The van der Waals surface area contributed by atoms with E-state index in [2.05, 4.69) is 10.4 Å². The van der Waals surface area contributed by atoms with Crippen molar-refractivity contribution in [3.05, 3.63) is 46.4 Å². The summed E-state index contributed by atoms with van der Waals surface area (Å²) in [6.07, 6.45) is -3.11. The van der Waals surface area contributed by atoms with E-state index in [1.165, 1.54) is 22.9 Å². The Balaban J connectivity index is 1.85. The first-order chi connectivity index (χ1) is 13.2. The Labute approximate surface area is 165 Å². The zero-order chi connectivity index (χ0) is 20.4.